The number of nitrogens with zero attached hydrogens (tertiary/aromatic N) is 1. The summed E-state index contributed by atoms with van der Waals surface area (Å²) in [6.07, 6.45) is 3.32. The molecule has 1 fully saturated rings. The van der Waals surface area contributed by atoms with E-state index in [-0.39, 0.29) is 10.8 Å². The number of sulfonamides is 1. The molecule has 0 aliphatic carbocycles. The second-order valence-electron chi connectivity index (χ2n) is 8.22. The van der Waals surface area contributed by atoms with E-state index in [4.69, 9.17) is 0 Å². The highest BCUT2D eigenvalue weighted by Gasteiger charge is 2.18. The van der Waals surface area contributed by atoms with Gasteiger partial charge in [0.2, 0.25) is 0 Å². The van der Waals surface area contributed by atoms with Gasteiger partial charge in [0.05, 0.1) is 4.90 Å². The van der Waals surface area contributed by atoms with Gasteiger partial charge in [-0.2, -0.15) is 0 Å². The summed E-state index contributed by atoms with van der Waals surface area (Å²) in [5.41, 5.74) is 3.10. The summed E-state index contributed by atoms with van der Waals surface area (Å²) in [7, 11) is -1.57. The van der Waals surface area contributed by atoms with Crippen LogP contribution in [0, 0.1) is 19.8 Å². The van der Waals surface area contributed by atoms with Crippen LogP contribution in [-0.4, -0.2) is 45.9 Å². The molecule has 1 aliphatic rings. The summed E-state index contributed by atoms with van der Waals surface area (Å²) in [5, 5.41) is 2.95. The van der Waals surface area contributed by atoms with Gasteiger partial charge in [-0.05, 0) is 107 Å². The van der Waals surface area contributed by atoms with Crippen molar-refractivity contribution in [1.82, 2.24) is 10.2 Å². The predicted octanol–water partition coefficient (Wildman–Crippen LogP) is 3.57. The smallest absolute Gasteiger partial charge is 0.261 e. The minimum Gasteiger partial charge on any atom is -0.352 e. The number of hydrogen-bond acceptors (Lipinski definition) is 4. The quantitative estimate of drug-likeness (QED) is 0.705. The normalized spacial score (nSPS) is 15.7. The van der Waals surface area contributed by atoms with Gasteiger partial charge in [-0.15, -0.1) is 0 Å². The maximum absolute atomic E-state index is 12.6. The van der Waals surface area contributed by atoms with Crippen molar-refractivity contribution in [3.05, 3.63) is 59.2 Å². The van der Waals surface area contributed by atoms with E-state index in [0.29, 0.717) is 23.7 Å². The Hall–Kier alpha value is -2.38. The molecule has 0 aromatic heterocycles. The zero-order valence-corrected chi connectivity index (χ0v) is 18.8. The van der Waals surface area contributed by atoms with Gasteiger partial charge in [0.1, 0.15) is 0 Å². The molecule has 2 aromatic rings. The van der Waals surface area contributed by atoms with Gasteiger partial charge in [-0.3, -0.25) is 9.52 Å². The van der Waals surface area contributed by atoms with Gasteiger partial charge >= 0.3 is 0 Å². The Labute approximate surface area is 179 Å². The number of hydrogen-bond donors (Lipinski definition) is 2. The average Bonchev–Trinajstić information content (AvgIpc) is 2.72. The molecule has 7 heteroatoms. The molecule has 0 atom stereocenters. The number of nitrogens with one attached hydrogen (secondary N) is 2. The maximum atomic E-state index is 12.6. The lowest BCUT2D eigenvalue weighted by Gasteiger charge is -2.28. The molecular formula is C23H31N3O3S. The Balaban J connectivity index is 1.55. The average molecular weight is 430 g/mol. The molecule has 0 radical (unpaired) electrons. The van der Waals surface area contributed by atoms with Crippen molar-refractivity contribution < 1.29 is 13.2 Å². The van der Waals surface area contributed by atoms with Gasteiger partial charge in [-0.25, -0.2) is 8.42 Å². The number of benzene rings is 2. The van der Waals surface area contributed by atoms with Crippen LogP contribution in [-0.2, 0) is 10.0 Å². The summed E-state index contributed by atoms with van der Waals surface area (Å²) in [6, 6.07) is 11.5. The van der Waals surface area contributed by atoms with Gasteiger partial charge in [0.25, 0.3) is 15.9 Å². The van der Waals surface area contributed by atoms with Crippen molar-refractivity contribution >= 4 is 21.6 Å². The number of anilines is 1. The van der Waals surface area contributed by atoms with Crippen molar-refractivity contribution in [3.8, 4) is 0 Å². The second kappa shape index (κ2) is 9.62. The molecule has 30 heavy (non-hydrogen) atoms. The summed E-state index contributed by atoms with van der Waals surface area (Å²) in [4.78, 5) is 14.8. The van der Waals surface area contributed by atoms with Crippen LogP contribution in [0.4, 0.5) is 5.69 Å². The zero-order chi connectivity index (χ0) is 21.7. The first kappa shape index (κ1) is 22.3. The van der Waals surface area contributed by atoms with Crippen molar-refractivity contribution in [1.29, 1.82) is 0 Å². The molecule has 0 unspecified atom stereocenters. The first-order valence-corrected chi connectivity index (χ1v) is 11.9. The number of carbonyl (C=O) groups is 1. The summed E-state index contributed by atoms with van der Waals surface area (Å²) < 4.78 is 27.9. The van der Waals surface area contributed by atoms with E-state index >= 15 is 0 Å². The van der Waals surface area contributed by atoms with E-state index in [0.717, 1.165) is 30.6 Å². The molecule has 6 nitrogen and oxygen atoms in total. The van der Waals surface area contributed by atoms with Crippen LogP contribution >= 0.6 is 0 Å². The van der Waals surface area contributed by atoms with E-state index in [1.807, 2.05) is 19.9 Å². The largest absolute Gasteiger partial charge is 0.352 e. The minimum absolute atomic E-state index is 0.128. The van der Waals surface area contributed by atoms with E-state index in [1.54, 1.807) is 24.3 Å². The number of aryl methyl sites for hydroxylation is 2. The number of rotatable bonds is 7. The Bertz CT molecular complexity index is 979. The third-order valence-electron chi connectivity index (χ3n) is 5.86. The zero-order valence-electron chi connectivity index (χ0n) is 17.9. The maximum Gasteiger partial charge on any atom is 0.261 e. The van der Waals surface area contributed by atoms with Crippen LogP contribution in [0.3, 0.4) is 0 Å². The topological polar surface area (TPSA) is 78.5 Å². The minimum atomic E-state index is -3.71. The lowest BCUT2D eigenvalue weighted by molar-refractivity contribution is 0.0949. The first-order valence-electron chi connectivity index (χ1n) is 10.4. The van der Waals surface area contributed by atoms with Gasteiger partial charge in [0, 0.05) is 17.8 Å². The lowest BCUT2D eigenvalue weighted by Crippen LogP contribution is -2.32. The molecule has 1 aliphatic heterocycles. The van der Waals surface area contributed by atoms with E-state index in [1.165, 1.54) is 25.0 Å². The van der Waals surface area contributed by atoms with E-state index < -0.39 is 10.0 Å². The molecule has 0 spiro atoms. The molecule has 3 rings (SSSR count). The fourth-order valence-electron chi connectivity index (χ4n) is 3.65. The van der Waals surface area contributed by atoms with Crippen LogP contribution in [0.5, 0.6) is 0 Å². The monoisotopic (exact) mass is 429 g/mol. The molecule has 162 valence electrons. The molecule has 1 amide bonds. The summed E-state index contributed by atoms with van der Waals surface area (Å²) >= 11 is 0. The summed E-state index contributed by atoms with van der Waals surface area (Å²) in [5.74, 6) is 0.486. The van der Waals surface area contributed by atoms with Crippen molar-refractivity contribution in [3.63, 3.8) is 0 Å². The standard InChI is InChI=1S/C23H31N3O3S/c1-17-4-7-21(16-18(17)2)25-30(28,29)22-8-5-20(6-9-22)23(27)24-13-10-19-11-14-26(3)15-12-19/h4-9,16,19,25H,10-15H2,1-3H3,(H,24,27). The molecular weight excluding hydrogens is 398 g/mol. The molecule has 2 N–H and O–H groups in total. The molecule has 0 saturated carbocycles. The second-order valence-corrected chi connectivity index (χ2v) is 9.90. The lowest BCUT2D eigenvalue weighted by atomic mass is 9.94. The highest BCUT2D eigenvalue weighted by Crippen LogP contribution is 2.20. The van der Waals surface area contributed by atoms with Crippen molar-refractivity contribution in [2.75, 3.05) is 31.4 Å². The van der Waals surface area contributed by atoms with Crippen molar-refractivity contribution in [2.24, 2.45) is 5.92 Å². The number of amides is 1. The molecule has 1 saturated heterocycles. The molecule has 0 bridgehead atoms. The highest BCUT2D eigenvalue weighted by atomic mass is 32.2. The van der Waals surface area contributed by atoms with Gasteiger partial charge < -0.3 is 10.2 Å². The van der Waals surface area contributed by atoms with Gasteiger partial charge in [0.15, 0.2) is 0 Å². The van der Waals surface area contributed by atoms with Crippen LogP contribution in [0.2, 0.25) is 0 Å². The predicted molar refractivity (Wildman–Crippen MR) is 120 cm³/mol. The Morgan fingerprint density at radius 3 is 2.33 bits per heavy atom. The third kappa shape index (κ3) is 5.83. The van der Waals surface area contributed by atoms with Crippen LogP contribution < -0.4 is 10.0 Å². The van der Waals surface area contributed by atoms with Crippen LogP contribution in [0.15, 0.2) is 47.4 Å². The fraction of sp³-hybridized carbons (Fsp3) is 0.435. The first-order chi connectivity index (χ1) is 14.2. The molecule has 1 heterocycles. The number of likely N-dealkylation sites (tertiary alicyclic amines) is 1. The number of piperidine rings is 1. The molecule has 2 aromatic carbocycles. The highest BCUT2D eigenvalue weighted by molar-refractivity contribution is 7.92. The Kier molecular flexibility index (Phi) is 7.15. The van der Waals surface area contributed by atoms with Crippen LogP contribution in [0.1, 0.15) is 40.7 Å². The Morgan fingerprint density at radius 2 is 1.70 bits per heavy atom. The van der Waals surface area contributed by atoms with Gasteiger partial charge in [-0.1, -0.05) is 6.07 Å². The fourth-order valence-corrected chi connectivity index (χ4v) is 4.70. The number of carbonyl (C=O) groups excluding carboxylic acids is 1. The van der Waals surface area contributed by atoms with E-state index in [2.05, 4.69) is 22.0 Å². The Morgan fingerprint density at radius 1 is 1.03 bits per heavy atom. The summed E-state index contributed by atoms with van der Waals surface area (Å²) in [6.45, 7) is 6.79. The SMILES string of the molecule is Cc1ccc(NS(=O)(=O)c2ccc(C(=O)NCCC3CCN(C)CC3)cc2)cc1C. The third-order valence-corrected chi connectivity index (χ3v) is 7.26. The van der Waals surface area contributed by atoms with Crippen LogP contribution in [0.25, 0.3) is 0 Å². The van der Waals surface area contributed by atoms with E-state index in [9.17, 15) is 13.2 Å². The van der Waals surface area contributed by atoms with Crippen molar-refractivity contribution in [2.45, 2.75) is 38.0 Å².